The van der Waals surface area contributed by atoms with Crippen LogP contribution in [0.2, 0.25) is 0 Å². The number of nitrogens with zero attached hydrogens (tertiary/aromatic N) is 1. The Morgan fingerprint density at radius 3 is 2.46 bits per heavy atom. The SMILES string of the molecule is OCc1ccc[n+](/C(C(=S)NCc2ccccc2)=C(\O)c2cccc(Br)c2)c1. The van der Waals surface area contributed by atoms with Gasteiger partial charge in [0.1, 0.15) is 0 Å². The summed E-state index contributed by atoms with van der Waals surface area (Å²) < 4.78 is 2.58. The molecular weight excluding hydrogens is 436 g/mol. The topological polar surface area (TPSA) is 56.4 Å². The van der Waals surface area contributed by atoms with Crippen LogP contribution in [-0.4, -0.2) is 15.2 Å². The van der Waals surface area contributed by atoms with Gasteiger partial charge in [0.25, 0.3) is 5.70 Å². The molecule has 0 radical (unpaired) electrons. The first-order chi connectivity index (χ1) is 13.6. The number of hydrogen-bond acceptors (Lipinski definition) is 3. The maximum absolute atomic E-state index is 11.0. The van der Waals surface area contributed by atoms with E-state index in [1.807, 2.05) is 60.7 Å². The van der Waals surface area contributed by atoms with Gasteiger partial charge in [0, 0.05) is 28.2 Å². The summed E-state index contributed by atoms with van der Waals surface area (Å²) in [6.45, 7) is 0.436. The molecular formula is C22H20BrN2O2S+. The van der Waals surface area contributed by atoms with Gasteiger partial charge in [0.2, 0.25) is 0 Å². The zero-order valence-electron chi connectivity index (χ0n) is 15.0. The third-order valence-electron chi connectivity index (χ3n) is 4.14. The van der Waals surface area contributed by atoms with E-state index in [2.05, 4.69) is 21.2 Å². The lowest BCUT2D eigenvalue weighted by atomic mass is 10.1. The van der Waals surface area contributed by atoms with Crippen molar-refractivity contribution in [2.45, 2.75) is 13.2 Å². The number of rotatable bonds is 6. The van der Waals surface area contributed by atoms with Gasteiger partial charge in [0.15, 0.2) is 23.1 Å². The number of thiocarbonyl (C=S) groups is 1. The fourth-order valence-electron chi connectivity index (χ4n) is 2.74. The van der Waals surface area contributed by atoms with Crippen LogP contribution in [-0.2, 0) is 13.2 Å². The van der Waals surface area contributed by atoms with Crippen molar-refractivity contribution >= 4 is 44.6 Å². The number of pyridine rings is 1. The highest BCUT2D eigenvalue weighted by Crippen LogP contribution is 2.21. The lowest BCUT2D eigenvalue weighted by Crippen LogP contribution is -2.41. The highest BCUT2D eigenvalue weighted by molar-refractivity contribution is 9.10. The van der Waals surface area contributed by atoms with Crippen molar-refractivity contribution < 1.29 is 14.8 Å². The number of benzene rings is 2. The second-order valence-electron chi connectivity index (χ2n) is 6.15. The number of hydrogen-bond donors (Lipinski definition) is 3. The zero-order valence-corrected chi connectivity index (χ0v) is 17.5. The van der Waals surface area contributed by atoms with Crippen molar-refractivity contribution in [3.8, 4) is 0 Å². The van der Waals surface area contributed by atoms with Crippen molar-refractivity contribution in [3.05, 3.63) is 100 Å². The Balaban J connectivity index is 2.00. The minimum Gasteiger partial charge on any atom is -0.502 e. The quantitative estimate of drug-likeness (QED) is 0.225. The van der Waals surface area contributed by atoms with Crippen molar-refractivity contribution in [1.29, 1.82) is 0 Å². The van der Waals surface area contributed by atoms with Crippen LogP contribution in [0.25, 0.3) is 11.5 Å². The highest BCUT2D eigenvalue weighted by Gasteiger charge is 2.24. The average Bonchev–Trinajstić information content (AvgIpc) is 2.73. The molecule has 4 nitrogen and oxygen atoms in total. The van der Waals surface area contributed by atoms with Gasteiger partial charge in [-0.25, -0.2) is 0 Å². The maximum Gasteiger partial charge on any atom is 0.288 e. The summed E-state index contributed by atoms with van der Waals surface area (Å²) in [6, 6.07) is 20.9. The standard InChI is InChI=1S/C22H19BrN2O2S/c23-19-10-4-9-18(12-19)21(27)20(25-11-5-8-17(14-25)15-26)22(28)24-13-16-6-2-1-3-7-16/h1-12,14,26H,13,15H2,(H-,24,27,28)/p+1. The second-order valence-corrected chi connectivity index (χ2v) is 7.48. The van der Waals surface area contributed by atoms with Crippen LogP contribution in [0.3, 0.4) is 0 Å². The van der Waals surface area contributed by atoms with E-state index in [0.29, 0.717) is 28.4 Å². The van der Waals surface area contributed by atoms with E-state index in [-0.39, 0.29) is 12.4 Å². The van der Waals surface area contributed by atoms with E-state index in [0.717, 1.165) is 10.0 Å². The summed E-state index contributed by atoms with van der Waals surface area (Å²) in [7, 11) is 0. The molecule has 0 aliphatic heterocycles. The predicted octanol–water partition coefficient (Wildman–Crippen LogP) is 4.23. The van der Waals surface area contributed by atoms with Crippen LogP contribution in [0.1, 0.15) is 16.7 Å². The second kappa shape index (κ2) is 9.59. The first-order valence-corrected chi connectivity index (χ1v) is 9.91. The molecule has 0 aliphatic rings. The molecule has 0 aliphatic carbocycles. The zero-order chi connectivity index (χ0) is 19.9. The molecule has 0 fully saturated rings. The minimum absolute atomic E-state index is 0.0481. The monoisotopic (exact) mass is 455 g/mol. The molecule has 1 aromatic heterocycles. The number of nitrogens with one attached hydrogen (secondary N) is 1. The van der Waals surface area contributed by atoms with Gasteiger partial charge in [-0.2, -0.15) is 4.57 Å². The van der Waals surface area contributed by atoms with E-state index >= 15 is 0 Å². The van der Waals surface area contributed by atoms with E-state index in [9.17, 15) is 10.2 Å². The lowest BCUT2D eigenvalue weighted by molar-refractivity contribution is -0.576. The number of aromatic nitrogens is 1. The Labute approximate surface area is 177 Å². The molecule has 1 heterocycles. The third kappa shape index (κ3) is 5.04. The summed E-state index contributed by atoms with van der Waals surface area (Å²) in [5.41, 5.74) is 2.88. The molecule has 0 spiro atoms. The van der Waals surface area contributed by atoms with Crippen molar-refractivity contribution in [2.75, 3.05) is 0 Å². The Kier molecular flexibility index (Phi) is 6.92. The van der Waals surface area contributed by atoms with Crippen molar-refractivity contribution in [3.63, 3.8) is 0 Å². The summed E-state index contributed by atoms with van der Waals surface area (Å²) in [4.78, 5) is 0.404. The van der Waals surface area contributed by atoms with Gasteiger partial charge >= 0.3 is 0 Å². The Hall–Kier alpha value is -2.54. The highest BCUT2D eigenvalue weighted by atomic mass is 79.9. The van der Waals surface area contributed by atoms with Crippen LogP contribution >= 0.6 is 28.1 Å². The molecule has 0 amide bonds. The summed E-state index contributed by atoms with van der Waals surface area (Å²) in [6.07, 6.45) is 3.54. The molecule has 0 saturated carbocycles. The van der Waals surface area contributed by atoms with E-state index in [1.165, 1.54) is 0 Å². The molecule has 2 aromatic carbocycles. The van der Waals surface area contributed by atoms with E-state index in [4.69, 9.17) is 12.2 Å². The van der Waals surface area contributed by atoms with Gasteiger partial charge in [-0.1, -0.05) is 70.6 Å². The van der Waals surface area contributed by atoms with Gasteiger partial charge in [0.05, 0.1) is 6.61 Å². The molecule has 28 heavy (non-hydrogen) atoms. The average molecular weight is 456 g/mol. The molecule has 0 unspecified atom stereocenters. The van der Waals surface area contributed by atoms with Crippen molar-refractivity contribution in [2.24, 2.45) is 0 Å². The van der Waals surface area contributed by atoms with Crippen LogP contribution in [0.5, 0.6) is 0 Å². The van der Waals surface area contributed by atoms with Gasteiger partial charge in [-0.3, -0.25) is 0 Å². The first kappa shape index (κ1) is 20.2. The fraction of sp³-hybridized carbons (Fsp3) is 0.0909. The Morgan fingerprint density at radius 2 is 1.75 bits per heavy atom. The van der Waals surface area contributed by atoms with Crippen LogP contribution in [0, 0.1) is 0 Å². The number of aliphatic hydroxyl groups excluding tert-OH is 2. The molecule has 6 heteroatoms. The molecule has 3 N–H and O–H groups in total. The summed E-state index contributed by atoms with van der Waals surface area (Å²) >= 11 is 9.06. The molecule has 0 bridgehead atoms. The molecule has 3 aromatic rings. The van der Waals surface area contributed by atoms with Gasteiger partial charge < -0.3 is 15.5 Å². The molecule has 3 rings (SSSR count). The minimum atomic E-state index is -0.101. The lowest BCUT2D eigenvalue weighted by Gasteiger charge is -2.11. The maximum atomic E-state index is 11.0. The van der Waals surface area contributed by atoms with Crippen LogP contribution < -0.4 is 9.88 Å². The molecule has 142 valence electrons. The smallest absolute Gasteiger partial charge is 0.288 e. The van der Waals surface area contributed by atoms with Crippen molar-refractivity contribution in [1.82, 2.24) is 5.32 Å². The predicted molar refractivity (Wildman–Crippen MR) is 118 cm³/mol. The molecule has 0 saturated heterocycles. The number of halogens is 1. The molecule has 0 atom stereocenters. The Morgan fingerprint density at radius 1 is 1.00 bits per heavy atom. The summed E-state index contributed by atoms with van der Waals surface area (Å²) in [5.74, 6) is 0.0481. The normalized spacial score (nSPS) is 11.6. The van der Waals surface area contributed by atoms with Crippen LogP contribution in [0.4, 0.5) is 0 Å². The van der Waals surface area contributed by atoms with E-state index in [1.54, 1.807) is 23.0 Å². The van der Waals surface area contributed by atoms with Gasteiger partial charge in [-0.15, -0.1) is 0 Å². The van der Waals surface area contributed by atoms with Gasteiger partial charge in [-0.05, 0) is 23.8 Å². The van der Waals surface area contributed by atoms with Crippen LogP contribution in [0.15, 0.2) is 83.6 Å². The first-order valence-electron chi connectivity index (χ1n) is 8.71. The summed E-state index contributed by atoms with van der Waals surface area (Å²) in [5, 5.41) is 23.7. The fourth-order valence-corrected chi connectivity index (χ4v) is 3.41. The Bertz CT molecular complexity index is 1010. The third-order valence-corrected chi connectivity index (χ3v) is 4.97. The number of aliphatic hydroxyl groups is 2. The largest absolute Gasteiger partial charge is 0.502 e. The van der Waals surface area contributed by atoms with E-state index < -0.39 is 0 Å².